The van der Waals surface area contributed by atoms with Crippen molar-refractivity contribution >= 4 is 34.8 Å². The summed E-state index contributed by atoms with van der Waals surface area (Å²) in [6.45, 7) is 7.99. The van der Waals surface area contributed by atoms with Gasteiger partial charge in [-0.05, 0) is 50.3 Å². The lowest BCUT2D eigenvalue weighted by Crippen LogP contribution is -2.24. The number of anilines is 1. The number of hydrazone groups is 1. The van der Waals surface area contributed by atoms with Crippen molar-refractivity contribution in [3.63, 3.8) is 0 Å². The maximum Gasteiger partial charge on any atom is 0.240 e. The van der Waals surface area contributed by atoms with Crippen LogP contribution >= 0.6 is 11.6 Å². The lowest BCUT2D eigenvalue weighted by Gasteiger charge is -2.22. The van der Waals surface area contributed by atoms with Crippen LogP contribution < -0.4 is 10.7 Å². The van der Waals surface area contributed by atoms with Crippen LogP contribution in [-0.2, 0) is 9.59 Å². The minimum atomic E-state index is -0.294. The molecule has 0 saturated carbocycles. The normalized spacial score (nSPS) is 18.2. The summed E-state index contributed by atoms with van der Waals surface area (Å²) in [7, 11) is 0. The number of rotatable bonds is 6. The Bertz CT molecular complexity index is 768. The highest BCUT2D eigenvalue weighted by atomic mass is 35.5. The first-order valence-electron chi connectivity index (χ1n) is 8.59. The second kappa shape index (κ2) is 9.34. The number of benzene rings is 1. The third-order valence-electron chi connectivity index (χ3n) is 4.34. The number of amides is 2. The minimum Gasteiger partial charge on any atom is -0.325 e. The first-order chi connectivity index (χ1) is 12.4. The Balaban J connectivity index is 1.82. The lowest BCUT2D eigenvalue weighted by atomic mass is 9.85. The fourth-order valence-corrected chi connectivity index (χ4v) is 2.79. The number of carbonyl (C=O) groups is 2. The van der Waals surface area contributed by atoms with Crippen molar-refractivity contribution in [2.75, 3.05) is 5.32 Å². The van der Waals surface area contributed by atoms with Crippen molar-refractivity contribution in [3.8, 4) is 0 Å². The summed E-state index contributed by atoms with van der Waals surface area (Å²) >= 11 is 5.99. The van der Waals surface area contributed by atoms with Crippen molar-refractivity contribution in [1.29, 1.82) is 0 Å². The molecule has 0 spiro atoms. The van der Waals surface area contributed by atoms with E-state index in [1.54, 1.807) is 24.3 Å². The Morgan fingerprint density at radius 2 is 1.96 bits per heavy atom. The van der Waals surface area contributed by atoms with Crippen LogP contribution in [0.15, 0.2) is 53.2 Å². The molecular weight excluding hydrogens is 350 g/mol. The Morgan fingerprint density at radius 3 is 2.65 bits per heavy atom. The lowest BCUT2D eigenvalue weighted by molar-refractivity contribution is -0.124. The maximum absolute atomic E-state index is 12.0. The number of carbonyl (C=O) groups excluding carboxylic acids is 2. The van der Waals surface area contributed by atoms with Crippen LogP contribution in [0, 0.1) is 5.92 Å². The SMILES string of the molecule is C=C(C)[C@H]1CC=C(C)/C(=N\NC(=O)CCC(=O)Nc2ccccc2Cl)C1. The smallest absolute Gasteiger partial charge is 0.240 e. The average molecular weight is 374 g/mol. The number of hydrogen-bond donors (Lipinski definition) is 2. The molecule has 2 amide bonds. The predicted octanol–water partition coefficient (Wildman–Crippen LogP) is 4.46. The van der Waals surface area contributed by atoms with Crippen LogP contribution in [0.1, 0.15) is 39.5 Å². The van der Waals surface area contributed by atoms with Gasteiger partial charge >= 0.3 is 0 Å². The number of nitrogens with one attached hydrogen (secondary N) is 2. The summed E-state index contributed by atoms with van der Waals surface area (Å²) in [5.74, 6) is -0.204. The van der Waals surface area contributed by atoms with Gasteiger partial charge in [-0.15, -0.1) is 0 Å². The quantitative estimate of drug-likeness (QED) is 0.570. The fraction of sp³-hybridized carbons (Fsp3) is 0.350. The van der Waals surface area contributed by atoms with Gasteiger partial charge in [0.05, 0.1) is 16.4 Å². The van der Waals surface area contributed by atoms with E-state index in [0.717, 1.165) is 29.7 Å². The summed E-state index contributed by atoms with van der Waals surface area (Å²) in [6.07, 6.45) is 3.96. The molecule has 0 fully saturated rings. The highest BCUT2D eigenvalue weighted by Crippen LogP contribution is 2.26. The molecule has 0 saturated heterocycles. The Hall–Kier alpha value is -2.40. The largest absolute Gasteiger partial charge is 0.325 e. The van der Waals surface area contributed by atoms with E-state index in [4.69, 9.17) is 11.6 Å². The van der Waals surface area contributed by atoms with Gasteiger partial charge in [0.15, 0.2) is 0 Å². The van der Waals surface area contributed by atoms with Gasteiger partial charge in [0, 0.05) is 12.8 Å². The van der Waals surface area contributed by atoms with E-state index in [9.17, 15) is 9.59 Å². The molecule has 2 N–H and O–H groups in total. The maximum atomic E-state index is 12.0. The molecule has 0 unspecified atom stereocenters. The fourth-order valence-electron chi connectivity index (χ4n) is 2.61. The Kier molecular flexibility index (Phi) is 7.16. The van der Waals surface area contributed by atoms with E-state index in [-0.39, 0.29) is 24.7 Å². The Morgan fingerprint density at radius 1 is 1.27 bits per heavy atom. The van der Waals surface area contributed by atoms with Gasteiger partial charge in [-0.1, -0.05) is 42.0 Å². The molecule has 1 aliphatic carbocycles. The van der Waals surface area contributed by atoms with Crippen LogP contribution in [0.5, 0.6) is 0 Å². The van der Waals surface area contributed by atoms with Crippen molar-refractivity contribution in [2.45, 2.75) is 39.5 Å². The van der Waals surface area contributed by atoms with Crippen molar-refractivity contribution < 1.29 is 9.59 Å². The van der Waals surface area contributed by atoms with Crippen molar-refractivity contribution in [2.24, 2.45) is 11.0 Å². The average Bonchev–Trinajstić information content (AvgIpc) is 2.61. The number of allylic oxidation sites excluding steroid dienone is 3. The highest BCUT2D eigenvalue weighted by Gasteiger charge is 2.19. The van der Waals surface area contributed by atoms with Crippen LogP contribution in [0.3, 0.4) is 0 Å². The zero-order chi connectivity index (χ0) is 19.1. The molecule has 1 aromatic rings. The summed E-state index contributed by atoms with van der Waals surface area (Å²) in [6, 6.07) is 6.97. The highest BCUT2D eigenvalue weighted by molar-refractivity contribution is 6.33. The van der Waals surface area contributed by atoms with Crippen molar-refractivity contribution in [3.05, 3.63) is 53.1 Å². The number of hydrogen-bond acceptors (Lipinski definition) is 3. The molecule has 2 rings (SSSR count). The molecule has 0 aromatic heterocycles. The van der Waals surface area contributed by atoms with E-state index in [1.165, 1.54) is 0 Å². The third kappa shape index (κ3) is 5.85. The standard InChI is InChI=1S/C20H24ClN3O2/c1-13(2)15-9-8-14(3)18(12-15)23-24-20(26)11-10-19(25)22-17-7-5-4-6-16(17)21/h4-8,15H,1,9-12H2,2-3H3,(H,22,25)(H,24,26)/b23-18-/t15-/m0/s1. The van der Waals surface area contributed by atoms with E-state index < -0.39 is 0 Å². The summed E-state index contributed by atoms with van der Waals surface area (Å²) in [5, 5.41) is 7.38. The molecule has 0 aliphatic heterocycles. The van der Waals surface area contributed by atoms with Gasteiger partial charge in [-0.25, -0.2) is 5.43 Å². The molecule has 1 aliphatic rings. The van der Waals surface area contributed by atoms with E-state index in [2.05, 4.69) is 28.5 Å². The molecule has 138 valence electrons. The second-order valence-corrected chi connectivity index (χ2v) is 6.90. The molecular formula is C20H24ClN3O2. The van der Waals surface area contributed by atoms with E-state index in [0.29, 0.717) is 16.6 Å². The third-order valence-corrected chi connectivity index (χ3v) is 4.67. The summed E-state index contributed by atoms with van der Waals surface area (Å²) in [4.78, 5) is 23.9. The summed E-state index contributed by atoms with van der Waals surface area (Å²) < 4.78 is 0. The van der Waals surface area contributed by atoms with Gasteiger partial charge in [-0.3, -0.25) is 9.59 Å². The molecule has 26 heavy (non-hydrogen) atoms. The molecule has 6 heteroatoms. The van der Waals surface area contributed by atoms with Gasteiger partial charge in [0.25, 0.3) is 0 Å². The molecule has 1 aromatic carbocycles. The van der Waals surface area contributed by atoms with E-state index in [1.807, 2.05) is 13.8 Å². The number of halogens is 1. The number of nitrogens with zero attached hydrogens (tertiary/aromatic N) is 1. The molecule has 0 bridgehead atoms. The van der Waals surface area contributed by atoms with Crippen LogP contribution in [-0.4, -0.2) is 17.5 Å². The second-order valence-electron chi connectivity index (χ2n) is 6.49. The van der Waals surface area contributed by atoms with Crippen LogP contribution in [0.25, 0.3) is 0 Å². The van der Waals surface area contributed by atoms with Gasteiger partial charge < -0.3 is 5.32 Å². The monoisotopic (exact) mass is 373 g/mol. The minimum absolute atomic E-state index is 0.0553. The molecule has 0 heterocycles. The molecule has 5 nitrogen and oxygen atoms in total. The topological polar surface area (TPSA) is 70.6 Å². The number of para-hydroxylation sites is 1. The molecule has 0 radical (unpaired) electrons. The van der Waals surface area contributed by atoms with Gasteiger partial charge in [-0.2, -0.15) is 5.10 Å². The van der Waals surface area contributed by atoms with Crippen LogP contribution in [0.2, 0.25) is 5.02 Å². The zero-order valence-corrected chi connectivity index (χ0v) is 15.9. The van der Waals surface area contributed by atoms with Gasteiger partial charge in [0.2, 0.25) is 11.8 Å². The Labute approximate surface area is 159 Å². The zero-order valence-electron chi connectivity index (χ0n) is 15.1. The molecule has 1 atom stereocenters. The van der Waals surface area contributed by atoms with Crippen LogP contribution in [0.4, 0.5) is 5.69 Å². The first kappa shape index (κ1) is 19.9. The first-order valence-corrected chi connectivity index (χ1v) is 8.97. The predicted molar refractivity (Wildman–Crippen MR) is 106 cm³/mol. The van der Waals surface area contributed by atoms with Gasteiger partial charge in [0.1, 0.15) is 0 Å². The summed E-state index contributed by atoms with van der Waals surface area (Å²) in [5.41, 5.74) is 6.12. The van der Waals surface area contributed by atoms with E-state index >= 15 is 0 Å². The van der Waals surface area contributed by atoms with Crippen molar-refractivity contribution in [1.82, 2.24) is 5.43 Å².